The Labute approximate surface area is 78.8 Å². The molecule has 1 atom stereocenters. The van der Waals surface area contributed by atoms with Crippen molar-refractivity contribution in [1.82, 2.24) is 5.32 Å². The zero-order valence-electron chi connectivity index (χ0n) is 8.30. The Morgan fingerprint density at radius 2 is 2.15 bits per heavy atom. The van der Waals surface area contributed by atoms with Crippen molar-refractivity contribution in [3.8, 4) is 0 Å². The van der Waals surface area contributed by atoms with Gasteiger partial charge >= 0.3 is 0 Å². The maximum atomic E-state index is 11.5. The zero-order chi connectivity index (χ0) is 9.47. The minimum Gasteiger partial charge on any atom is -0.379 e. The van der Waals surface area contributed by atoms with Crippen LogP contribution in [-0.4, -0.2) is 25.2 Å². The Bertz CT molecular complexity index is 221. The van der Waals surface area contributed by atoms with Crippen LogP contribution in [0.2, 0.25) is 0 Å². The van der Waals surface area contributed by atoms with E-state index in [1.807, 2.05) is 0 Å². The molecule has 0 aromatic heterocycles. The van der Waals surface area contributed by atoms with Gasteiger partial charge in [-0.05, 0) is 12.8 Å². The Balaban J connectivity index is 1.89. The molecule has 2 rings (SSSR count). The Morgan fingerprint density at radius 1 is 1.46 bits per heavy atom. The highest BCUT2D eigenvalue weighted by atomic mass is 16.5. The number of hydrogen-bond acceptors (Lipinski definition) is 2. The minimum atomic E-state index is 0.102. The lowest BCUT2D eigenvalue weighted by atomic mass is 9.88. The molecule has 0 radical (unpaired) electrons. The first-order valence-corrected chi connectivity index (χ1v) is 4.98. The van der Waals surface area contributed by atoms with Gasteiger partial charge in [-0.1, -0.05) is 13.8 Å². The molecule has 13 heavy (non-hydrogen) atoms. The van der Waals surface area contributed by atoms with E-state index in [1.165, 1.54) is 0 Å². The van der Waals surface area contributed by atoms with Gasteiger partial charge in [0.25, 0.3) is 0 Å². The normalized spacial score (nSPS) is 31.7. The lowest BCUT2D eigenvalue weighted by molar-refractivity contribution is -0.123. The van der Waals surface area contributed by atoms with Crippen LogP contribution < -0.4 is 5.32 Å². The van der Waals surface area contributed by atoms with E-state index in [9.17, 15) is 4.79 Å². The molecule has 1 unspecified atom stereocenters. The predicted molar refractivity (Wildman–Crippen MR) is 49.3 cm³/mol. The monoisotopic (exact) mass is 183 g/mol. The Kier molecular flexibility index (Phi) is 2.06. The molecule has 1 aliphatic carbocycles. The summed E-state index contributed by atoms with van der Waals surface area (Å²) >= 11 is 0. The number of nitrogens with one attached hydrogen (secondary N) is 1. The molecular formula is C10H17NO2. The van der Waals surface area contributed by atoms with Crippen LogP contribution in [0.1, 0.15) is 26.7 Å². The molecule has 1 amide bonds. The summed E-state index contributed by atoms with van der Waals surface area (Å²) in [5.41, 5.74) is 0.102. The van der Waals surface area contributed by atoms with Crippen molar-refractivity contribution >= 4 is 5.91 Å². The summed E-state index contributed by atoms with van der Waals surface area (Å²) in [6, 6.07) is 0.209. The summed E-state index contributed by atoms with van der Waals surface area (Å²) in [6.07, 6.45) is 2.14. The van der Waals surface area contributed by atoms with Crippen molar-refractivity contribution in [2.45, 2.75) is 32.7 Å². The molecule has 2 fully saturated rings. The van der Waals surface area contributed by atoms with Gasteiger partial charge in [0.2, 0.25) is 5.91 Å². The third kappa shape index (κ3) is 1.85. The summed E-state index contributed by atoms with van der Waals surface area (Å²) in [6.45, 7) is 5.70. The SMILES string of the molecule is CC1(C)COCC1NC(=O)C1CC1. The smallest absolute Gasteiger partial charge is 0.223 e. The van der Waals surface area contributed by atoms with E-state index in [-0.39, 0.29) is 17.4 Å². The highest BCUT2D eigenvalue weighted by molar-refractivity contribution is 5.81. The largest absolute Gasteiger partial charge is 0.379 e. The summed E-state index contributed by atoms with van der Waals surface area (Å²) < 4.78 is 5.36. The Morgan fingerprint density at radius 3 is 2.62 bits per heavy atom. The van der Waals surface area contributed by atoms with Gasteiger partial charge in [0.15, 0.2) is 0 Å². The van der Waals surface area contributed by atoms with Gasteiger partial charge in [-0.3, -0.25) is 4.79 Å². The first-order chi connectivity index (χ1) is 6.09. The third-order valence-corrected chi connectivity index (χ3v) is 2.97. The number of rotatable bonds is 2. The molecule has 1 saturated carbocycles. The maximum Gasteiger partial charge on any atom is 0.223 e. The van der Waals surface area contributed by atoms with Gasteiger partial charge in [-0.15, -0.1) is 0 Å². The van der Waals surface area contributed by atoms with Crippen molar-refractivity contribution in [2.75, 3.05) is 13.2 Å². The van der Waals surface area contributed by atoms with Gasteiger partial charge in [0.05, 0.1) is 19.3 Å². The Hall–Kier alpha value is -0.570. The summed E-state index contributed by atoms with van der Waals surface area (Å²) in [5.74, 6) is 0.528. The van der Waals surface area contributed by atoms with Gasteiger partial charge < -0.3 is 10.1 Å². The lowest BCUT2D eigenvalue weighted by Gasteiger charge is -2.25. The first-order valence-electron chi connectivity index (χ1n) is 4.98. The second-order valence-electron chi connectivity index (χ2n) is 4.84. The van der Waals surface area contributed by atoms with Crippen LogP contribution in [-0.2, 0) is 9.53 Å². The molecule has 0 aromatic carbocycles. The zero-order valence-corrected chi connectivity index (χ0v) is 8.30. The number of amides is 1. The molecule has 74 valence electrons. The van der Waals surface area contributed by atoms with Crippen molar-refractivity contribution < 1.29 is 9.53 Å². The van der Waals surface area contributed by atoms with E-state index in [4.69, 9.17) is 4.74 Å². The molecule has 1 aliphatic heterocycles. The fourth-order valence-corrected chi connectivity index (χ4v) is 1.64. The average molecular weight is 183 g/mol. The van der Waals surface area contributed by atoms with E-state index < -0.39 is 0 Å². The van der Waals surface area contributed by atoms with Gasteiger partial charge in [0, 0.05) is 11.3 Å². The van der Waals surface area contributed by atoms with Crippen LogP contribution in [0, 0.1) is 11.3 Å². The topological polar surface area (TPSA) is 38.3 Å². The van der Waals surface area contributed by atoms with E-state index >= 15 is 0 Å². The molecule has 3 heteroatoms. The van der Waals surface area contributed by atoms with Crippen LogP contribution in [0.4, 0.5) is 0 Å². The van der Waals surface area contributed by atoms with Crippen LogP contribution in [0.25, 0.3) is 0 Å². The second-order valence-corrected chi connectivity index (χ2v) is 4.84. The molecule has 0 spiro atoms. The quantitative estimate of drug-likeness (QED) is 0.692. The summed E-state index contributed by atoms with van der Waals surface area (Å²) in [4.78, 5) is 11.5. The first kappa shape index (κ1) is 9.00. The van der Waals surface area contributed by atoms with E-state index in [0.29, 0.717) is 12.5 Å². The average Bonchev–Trinajstić information content (AvgIpc) is 2.80. The van der Waals surface area contributed by atoms with Gasteiger partial charge in [-0.25, -0.2) is 0 Å². The lowest BCUT2D eigenvalue weighted by Crippen LogP contribution is -2.44. The van der Waals surface area contributed by atoms with E-state index in [2.05, 4.69) is 19.2 Å². The summed E-state index contributed by atoms with van der Waals surface area (Å²) in [7, 11) is 0. The van der Waals surface area contributed by atoms with Crippen molar-refractivity contribution in [3.05, 3.63) is 0 Å². The van der Waals surface area contributed by atoms with Crippen LogP contribution in [0.5, 0.6) is 0 Å². The number of carbonyl (C=O) groups excluding carboxylic acids is 1. The highest BCUT2D eigenvalue weighted by Crippen LogP contribution is 2.32. The fourth-order valence-electron chi connectivity index (χ4n) is 1.64. The molecule has 1 N–H and O–H groups in total. The molecule has 1 heterocycles. The van der Waals surface area contributed by atoms with E-state index in [1.54, 1.807) is 0 Å². The summed E-state index contributed by atoms with van der Waals surface area (Å²) in [5, 5.41) is 3.07. The van der Waals surface area contributed by atoms with Crippen molar-refractivity contribution in [3.63, 3.8) is 0 Å². The maximum absolute atomic E-state index is 11.5. The van der Waals surface area contributed by atoms with Gasteiger partial charge in [0.1, 0.15) is 0 Å². The molecule has 0 aromatic rings. The van der Waals surface area contributed by atoms with Crippen molar-refractivity contribution in [2.24, 2.45) is 11.3 Å². The van der Waals surface area contributed by atoms with Crippen LogP contribution >= 0.6 is 0 Å². The number of carbonyl (C=O) groups is 1. The third-order valence-electron chi connectivity index (χ3n) is 2.97. The van der Waals surface area contributed by atoms with Crippen LogP contribution in [0.3, 0.4) is 0 Å². The second kappa shape index (κ2) is 2.98. The fraction of sp³-hybridized carbons (Fsp3) is 0.900. The molecule has 0 bridgehead atoms. The number of hydrogen-bond donors (Lipinski definition) is 1. The van der Waals surface area contributed by atoms with Crippen LogP contribution in [0.15, 0.2) is 0 Å². The van der Waals surface area contributed by atoms with E-state index in [0.717, 1.165) is 19.4 Å². The van der Waals surface area contributed by atoms with Crippen molar-refractivity contribution in [1.29, 1.82) is 0 Å². The van der Waals surface area contributed by atoms with Gasteiger partial charge in [-0.2, -0.15) is 0 Å². The molecule has 2 aliphatic rings. The molecular weight excluding hydrogens is 166 g/mol. The number of ether oxygens (including phenoxy) is 1. The predicted octanol–water partition coefficient (Wildman–Crippen LogP) is 0.938. The minimum absolute atomic E-state index is 0.102. The molecule has 1 saturated heterocycles. The highest BCUT2D eigenvalue weighted by Gasteiger charge is 2.39. The standard InChI is InChI=1S/C10H17NO2/c1-10(2)6-13-5-8(10)11-9(12)7-3-4-7/h7-8H,3-6H2,1-2H3,(H,11,12). The molecule has 3 nitrogen and oxygen atoms in total.